The molecule has 0 aliphatic carbocycles. The summed E-state index contributed by atoms with van der Waals surface area (Å²) in [5, 5.41) is 11.0. The Bertz CT molecular complexity index is 1260. The number of sulfonamides is 1. The van der Waals surface area contributed by atoms with Crippen LogP contribution in [0, 0.1) is 0 Å². The lowest BCUT2D eigenvalue weighted by molar-refractivity contribution is 0.102. The minimum absolute atomic E-state index is 0.0555. The summed E-state index contributed by atoms with van der Waals surface area (Å²) in [5.74, 6) is 0.187. The monoisotopic (exact) mass is 492 g/mol. The Morgan fingerprint density at radius 2 is 2.10 bits per heavy atom. The number of fused-ring (bicyclic) bond motifs is 1. The SMILES string of the molecule is C=CCSc1nnc(NC(=O)c2ccc(Cl)c(S(=O)(=O)N3CCc4ccccc43)c2)s1. The van der Waals surface area contributed by atoms with Crippen molar-refractivity contribution < 1.29 is 13.2 Å². The summed E-state index contributed by atoms with van der Waals surface area (Å²) in [7, 11) is -3.93. The Labute approximate surface area is 193 Å². The van der Waals surface area contributed by atoms with Gasteiger partial charge in [0.05, 0.1) is 10.7 Å². The fourth-order valence-electron chi connectivity index (χ4n) is 3.14. The van der Waals surface area contributed by atoms with Crippen molar-refractivity contribution >= 4 is 61.4 Å². The van der Waals surface area contributed by atoms with Gasteiger partial charge in [-0.25, -0.2) is 8.42 Å². The highest BCUT2D eigenvalue weighted by atomic mass is 35.5. The molecule has 0 spiro atoms. The second-order valence-electron chi connectivity index (χ2n) is 6.53. The molecule has 31 heavy (non-hydrogen) atoms. The topological polar surface area (TPSA) is 92.3 Å². The maximum atomic E-state index is 13.3. The molecule has 11 heteroatoms. The summed E-state index contributed by atoms with van der Waals surface area (Å²) in [5.41, 5.74) is 1.75. The van der Waals surface area contributed by atoms with Crippen molar-refractivity contribution in [2.45, 2.75) is 15.7 Å². The number of nitrogens with one attached hydrogen (secondary N) is 1. The van der Waals surface area contributed by atoms with Gasteiger partial charge >= 0.3 is 0 Å². The third kappa shape index (κ3) is 4.47. The summed E-state index contributed by atoms with van der Waals surface area (Å²) in [6.07, 6.45) is 2.37. The molecule has 1 N–H and O–H groups in total. The van der Waals surface area contributed by atoms with Crippen molar-refractivity contribution in [3.63, 3.8) is 0 Å². The normalized spacial score (nSPS) is 13.1. The van der Waals surface area contributed by atoms with Gasteiger partial charge in [-0.2, -0.15) is 0 Å². The van der Waals surface area contributed by atoms with Crippen LogP contribution in [-0.4, -0.2) is 36.8 Å². The molecule has 1 aromatic heterocycles. The van der Waals surface area contributed by atoms with Crippen LogP contribution >= 0.6 is 34.7 Å². The quantitative estimate of drug-likeness (QED) is 0.297. The van der Waals surface area contributed by atoms with Crippen LogP contribution in [-0.2, 0) is 16.4 Å². The zero-order valence-electron chi connectivity index (χ0n) is 16.1. The van der Waals surface area contributed by atoms with E-state index in [2.05, 4.69) is 22.1 Å². The molecule has 7 nitrogen and oxygen atoms in total. The van der Waals surface area contributed by atoms with E-state index in [4.69, 9.17) is 11.6 Å². The van der Waals surface area contributed by atoms with Gasteiger partial charge in [-0.3, -0.25) is 14.4 Å². The average Bonchev–Trinajstić information content (AvgIpc) is 3.39. The molecule has 0 atom stereocenters. The first-order valence-corrected chi connectivity index (χ1v) is 12.8. The van der Waals surface area contributed by atoms with E-state index in [-0.39, 0.29) is 15.5 Å². The predicted molar refractivity (Wildman–Crippen MR) is 125 cm³/mol. The molecule has 3 aromatic rings. The molecule has 0 fully saturated rings. The van der Waals surface area contributed by atoms with Gasteiger partial charge in [0.1, 0.15) is 4.90 Å². The number of carbonyl (C=O) groups is 1. The Kier molecular flexibility index (Phi) is 6.33. The summed E-state index contributed by atoms with van der Waals surface area (Å²) in [6.45, 7) is 3.97. The second kappa shape index (κ2) is 8.99. The predicted octanol–water partition coefficient (Wildman–Crippen LogP) is 4.47. The maximum absolute atomic E-state index is 13.3. The van der Waals surface area contributed by atoms with E-state index in [1.165, 1.54) is 45.6 Å². The highest BCUT2D eigenvalue weighted by Gasteiger charge is 2.32. The van der Waals surface area contributed by atoms with Crippen molar-refractivity contribution in [1.82, 2.24) is 10.2 Å². The lowest BCUT2D eigenvalue weighted by atomic mass is 10.2. The lowest BCUT2D eigenvalue weighted by Crippen LogP contribution is -2.29. The molecule has 0 unspecified atom stereocenters. The fourth-order valence-corrected chi connectivity index (χ4v) is 6.65. The number of hydrogen-bond acceptors (Lipinski definition) is 7. The molecule has 0 saturated heterocycles. The average molecular weight is 493 g/mol. The molecule has 160 valence electrons. The Hall–Kier alpha value is -2.40. The van der Waals surface area contributed by atoms with Gasteiger partial charge in [0, 0.05) is 17.9 Å². The Morgan fingerprint density at radius 3 is 2.90 bits per heavy atom. The molecule has 2 heterocycles. The number of thioether (sulfide) groups is 1. The smallest absolute Gasteiger partial charge is 0.265 e. The number of amides is 1. The number of halogens is 1. The van der Waals surface area contributed by atoms with E-state index < -0.39 is 15.9 Å². The largest absolute Gasteiger partial charge is 0.296 e. The Morgan fingerprint density at radius 1 is 1.29 bits per heavy atom. The van der Waals surface area contributed by atoms with E-state index >= 15 is 0 Å². The molecule has 1 aliphatic heterocycles. The number of aromatic nitrogens is 2. The first-order valence-electron chi connectivity index (χ1n) is 9.19. The summed E-state index contributed by atoms with van der Waals surface area (Å²) in [4.78, 5) is 12.6. The van der Waals surface area contributed by atoms with Gasteiger partial charge in [0.2, 0.25) is 5.13 Å². The van der Waals surface area contributed by atoms with Gasteiger partial charge in [-0.15, -0.1) is 16.8 Å². The van der Waals surface area contributed by atoms with Crippen LogP contribution in [0.4, 0.5) is 10.8 Å². The number of para-hydroxylation sites is 1. The van der Waals surface area contributed by atoms with Gasteiger partial charge in [-0.1, -0.05) is 59.0 Å². The second-order valence-corrected chi connectivity index (χ2v) is 11.0. The van der Waals surface area contributed by atoms with E-state index in [1.807, 2.05) is 12.1 Å². The molecule has 4 rings (SSSR count). The minimum Gasteiger partial charge on any atom is -0.296 e. The van der Waals surface area contributed by atoms with Crippen molar-refractivity contribution in [1.29, 1.82) is 0 Å². The molecule has 0 radical (unpaired) electrons. The van der Waals surface area contributed by atoms with Gasteiger partial charge < -0.3 is 0 Å². The number of rotatable bonds is 7. The first-order chi connectivity index (χ1) is 14.9. The molecule has 0 bridgehead atoms. The van der Waals surface area contributed by atoms with Crippen LogP contribution in [0.3, 0.4) is 0 Å². The molecule has 2 aromatic carbocycles. The van der Waals surface area contributed by atoms with Gasteiger partial charge in [-0.05, 0) is 36.2 Å². The van der Waals surface area contributed by atoms with Crippen molar-refractivity contribution in [2.75, 3.05) is 21.9 Å². The lowest BCUT2D eigenvalue weighted by Gasteiger charge is -2.20. The Balaban J connectivity index is 1.59. The summed E-state index contributed by atoms with van der Waals surface area (Å²) >= 11 is 8.92. The third-order valence-corrected chi connectivity index (χ3v) is 8.82. The standard InChI is InChI=1S/C20H17ClN4O3S3/c1-2-11-29-20-24-23-19(30-20)22-18(26)14-7-8-15(21)17(12-14)31(27,28)25-10-9-13-5-3-4-6-16(13)25/h2-8,12H,1,9-11H2,(H,22,23,26). The van der Waals surface area contributed by atoms with Gasteiger partial charge in [0.25, 0.3) is 15.9 Å². The van der Waals surface area contributed by atoms with Crippen LogP contribution in [0.25, 0.3) is 0 Å². The summed E-state index contributed by atoms with van der Waals surface area (Å²) in [6, 6.07) is 11.5. The van der Waals surface area contributed by atoms with Crippen molar-refractivity contribution in [3.05, 3.63) is 71.3 Å². The first kappa shape index (κ1) is 21.8. The number of benzene rings is 2. The molecule has 1 aliphatic rings. The molecule has 0 saturated carbocycles. The summed E-state index contributed by atoms with van der Waals surface area (Å²) < 4.78 is 28.7. The van der Waals surface area contributed by atoms with Crippen LogP contribution in [0.5, 0.6) is 0 Å². The number of carbonyl (C=O) groups excluding carboxylic acids is 1. The fraction of sp³-hybridized carbons (Fsp3) is 0.150. The van der Waals surface area contributed by atoms with Crippen LogP contribution < -0.4 is 9.62 Å². The maximum Gasteiger partial charge on any atom is 0.265 e. The van der Waals surface area contributed by atoms with E-state index in [9.17, 15) is 13.2 Å². The number of hydrogen-bond donors (Lipinski definition) is 1. The van der Waals surface area contributed by atoms with Crippen LogP contribution in [0.2, 0.25) is 5.02 Å². The molecule has 1 amide bonds. The zero-order chi connectivity index (χ0) is 22.0. The van der Waals surface area contributed by atoms with Crippen molar-refractivity contribution in [2.24, 2.45) is 0 Å². The highest BCUT2D eigenvalue weighted by molar-refractivity contribution is 8.01. The zero-order valence-corrected chi connectivity index (χ0v) is 19.3. The van der Waals surface area contributed by atoms with E-state index in [0.717, 1.165) is 5.56 Å². The van der Waals surface area contributed by atoms with Crippen molar-refractivity contribution in [3.8, 4) is 0 Å². The molecular formula is C20H17ClN4O3S3. The van der Waals surface area contributed by atoms with Crippen LogP contribution in [0.1, 0.15) is 15.9 Å². The third-order valence-electron chi connectivity index (χ3n) is 4.56. The van der Waals surface area contributed by atoms with E-state index in [0.29, 0.717) is 33.9 Å². The number of nitrogens with zero attached hydrogens (tertiary/aromatic N) is 3. The number of anilines is 2. The highest BCUT2D eigenvalue weighted by Crippen LogP contribution is 2.35. The van der Waals surface area contributed by atoms with E-state index in [1.54, 1.807) is 18.2 Å². The minimum atomic E-state index is -3.93. The van der Waals surface area contributed by atoms with Gasteiger partial charge in [0.15, 0.2) is 4.34 Å². The van der Waals surface area contributed by atoms with Crippen LogP contribution in [0.15, 0.2) is 64.4 Å². The molecular weight excluding hydrogens is 476 g/mol.